The van der Waals surface area contributed by atoms with Gasteiger partial charge in [0.25, 0.3) is 0 Å². The largest absolute Gasteiger partial charge is 0.368 e. The van der Waals surface area contributed by atoms with Gasteiger partial charge in [0.05, 0.1) is 37.1 Å². The van der Waals surface area contributed by atoms with E-state index in [1.54, 1.807) is 0 Å². The van der Waals surface area contributed by atoms with Gasteiger partial charge in [-0.1, -0.05) is 97.1 Å². The van der Waals surface area contributed by atoms with E-state index in [2.05, 4.69) is 187 Å². The van der Waals surface area contributed by atoms with Gasteiger partial charge in [-0.15, -0.1) is 12.1 Å². The Labute approximate surface area is 353 Å². The van der Waals surface area contributed by atoms with Crippen LogP contribution in [0.25, 0.3) is 0 Å². The van der Waals surface area contributed by atoms with Crippen LogP contribution in [-0.4, -0.2) is 33.0 Å². The second-order valence-electron chi connectivity index (χ2n) is 12.6. The molecule has 292 valence electrons. The predicted octanol–water partition coefficient (Wildman–Crippen LogP) is 6.58. The Morgan fingerprint density at radius 1 is 0.352 bits per heavy atom. The summed E-state index contributed by atoms with van der Waals surface area (Å²) in [6, 6.07) is 52.2. The molecule has 6 aromatic rings. The molecule has 0 fully saturated rings. The van der Waals surface area contributed by atoms with Crippen LogP contribution in [-0.2, 0) is 40.8 Å². The third kappa shape index (κ3) is 15.0. The molecule has 0 amide bonds. The van der Waals surface area contributed by atoms with E-state index in [0.717, 1.165) is 11.1 Å². The second-order valence-corrected chi connectivity index (χ2v) is 17.3. The van der Waals surface area contributed by atoms with Crippen molar-refractivity contribution in [1.82, 2.24) is 0 Å². The molecule has 54 heavy (non-hydrogen) atoms. The number of aliphatic hydroxyl groups excluding tert-OH is 2. The Balaban J connectivity index is 0.000000437. The SMILES string of the molecule is CC(O)O.CC(O)O.[CH2-]c1ccccc1[PH+](c1ccccc1C)c1ccccc1C.[CH2-]c1ccccc1[PH+](c1ccccc1C)c1ccccc1C.[Pd].[Pd]. The second kappa shape index (κ2) is 25.3. The molecule has 6 aromatic carbocycles. The average Bonchev–Trinajstić information content (AvgIpc) is 3.10. The molecule has 0 radical (unpaired) electrons. The maximum absolute atomic E-state index is 7.61. The zero-order valence-electron chi connectivity index (χ0n) is 31.8. The zero-order valence-corrected chi connectivity index (χ0v) is 37.0. The van der Waals surface area contributed by atoms with Crippen LogP contribution < -0.4 is 31.8 Å². The van der Waals surface area contributed by atoms with Crippen LogP contribution in [0.1, 0.15) is 47.2 Å². The molecule has 0 unspecified atom stereocenters. The topological polar surface area (TPSA) is 80.9 Å². The molecule has 0 heterocycles. The van der Waals surface area contributed by atoms with Crippen molar-refractivity contribution in [1.29, 1.82) is 0 Å². The smallest absolute Gasteiger partial charge is 0.148 e. The van der Waals surface area contributed by atoms with Crippen LogP contribution >= 0.6 is 15.8 Å². The molecular formula is C46H54O4P2Pd2. The van der Waals surface area contributed by atoms with Gasteiger partial charge in [0.1, 0.15) is 12.6 Å². The molecule has 8 heteroatoms. The summed E-state index contributed by atoms with van der Waals surface area (Å²) >= 11 is 0. The first-order valence-corrected chi connectivity index (χ1v) is 20.4. The van der Waals surface area contributed by atoms with Crippen LogP contribution in [0.4, 0.5) is 0 Å². The van der Waals surface area contributed by atoms with E-state index < -0.39 is 28.4 Å². The van der Waals surface area contributed by atoms with Crippen LogP contribution in [0.5, 0.6) is 0 Å². The first kappa shape index (κ1) is 49.1. The van der Waals surface area contributed by atoms with Gasteiger partial charge in [0.2, 0.25) is 0 Å². The Morgan fingerprint density at radius 3 is 0.704 bits per heavy atom. The molecule has 4 N–H and O–H groups in total. The molecule has 0 bridgehead atoms. The Morgan fingerprint density at radius 2 is 0.519 bits per heavy atom. The van der Waals surface area contributed by atoms with Crippen molar-refractivity contribution in [2.45, 2.75) is 54.1 Å². The van der Waals surface area contributed by atoms with Gasteiger partial charge >= 0.3 is 0 Å². The van der Waals surface area contributed by atoms with Gasteiger partial charge in [0.15, 0.2) is 0 Å². The summed E-state index contributed by atoms with van der Waals surface area (Å²) in [5, 5.41) is 39.0. The number of rotatable bonds is 6. The van der Waals surface area contributed by atoms with E-state index in [9.17, 15) is 0 Å². The van der Waals surface area contributed by atoms with Gasteiger partial charge in [-0.05, 0) is 88.1 Å². The van der Waals surface area contributed by atoms with Crippen molar-refractivity contribution in [3.8, 4) is 0 Å². The number of aliphatic hydroxyl groups is 4. The summed E-state index contributed by atoms with van der Waals surface area (Å²) in [5.41, 5.74) is 7.74. The molecule has 0 saturated heterocycles. The molecule has 0 aromatic heterocycles. The van der Waals surface area contributed by atoms with E-state index in [0.29, 0.717) is 0 Å². The van der Waals surface area contributed by atoms with Gasteiger partial charge < -0.3 is 20.4 Å². The van der Waals surface area contributed by atoms with Gasteiger partial charge in [-0.25, -0.2) is 0 Å². The van der Waals surface area contributed by atoms with Crippen LogP contribution in [0.3, 0.4) is 0 Å². The minimum absolute atomic E-state index is 0. The first-order valence-electron chi connectivity index (χ1n) is 17.4. The standard InChI is InChI=1S/2C21H20P.2C2H6O2.2Pd/c2*1-16-10-4-7-13-19(16)22(20-14-8-5-11-17(20)2)21-15-9-6-12-18(21)3;2*1-2(3)4;;/h2*4-15H,1H2,2-3H3;2*2-4H,1H3;;/q2*-1;;;;/p+2. The van der Waals surface area contributed by atoms with Crippen molar-refractivity contribution in [2.75, 3.05) is 0 Å². The Bertz CT molecular complexity index is 1620. The minimum Gasteiger partial charge on any atom is -0.368 e. The monoisotopic (exact) mass is 944 g/mol. The fourth-order valence-electron chi connectivity index (χ4n) is 5.81. The molecule has 0 aliphatic heterocycles. The summed E-state index contributed by atoms with van der Waals surface area (Å²) in [6.45, 7) is 20.0. The van der Waals surface area contributed by atoms with Gasteiger partial charge in [0, 0.05) is 51.5 Å². The van der Waals surface area contributed by atoms with E-state index in [-0.39, 0.29) is 40.8 Å². The minimum atomic E-state index is -1.17. The molecule has 0 saturated carbocycles. The molecule has 0 aliphatic rings. The summed E-state index contributed by atoms with van der Waals surface area (Å²) in [4.78, 5) is 0. The summed E-state index contributed by atoms with van der Waals surface area (Å²) in [7, 11) is -2.06. The Kier molecular flexibility index (Phi) is 23.0. The van der Waals surface area contributed by atoms with Crippen molar-refractivity contribution in [2.24, 2.45) is 0 Å². The van der Waals surface area contributed by atoms with E-state index in [4.69, 9.17) is 20.4 Å². The fraction of sp³-hybridized carbons (Fsp3) is 0.174. The third-order valence-corrected chi connectivity index (χ3v) is 14.7. The van der Waals surface area contributed by atoms with E-state index >= 15 is 0 Å². The maximum Gasteiger partial charge on any atom is 0.148 e. The van der Waals surface area contributed by atoms with Gasteiger partial charge in [-0.2, -0.15) is 37.1 Å². The summed E-state index contributed by atoms with van der Waals surface area (Å²) in [6.07, 6.45) is -2.33. The van der Waals surface area contributed by atoms with Crippen molar-refractivity contribution in [3.05, 3.63) is 193 Å². The first-order chi connectivity index (χ1) is 24.8. The normalized spacial score (nSPS) is 10.2. The van der Waals surface area contributed by atoms with Crippen LogP contribution in [0.2, 0.25) is 0 Å². The van der Waals surface area contributed by atoms with E-state index in [1.165, 1.54) is 67.9 Å². The zero-order chi connectivity index (χ0) is 38.2. The maximum atomic E-state index is 7.61. The molecule has 0 spiro atoms. The summed E-state index contributed by atoms with van der Waals surface area (Å²) in [5.74, 6) is 0. The number of aryl methyl sites for hydroxylation is 4. The predicted molar refractivity (Wildman–Crippen MR) is 229 cm³/mol. The number of benzene rings is 6. The van der Waals surface area contributed by atoms with Crippen LogP contribution in [0, 0.1) is 41.5 Å². The van der Waals surface area contributed by atoms with Crippen molar-refractivity contribution < 1.29 is 61.3 Å². The van der Waals surface area contributed by atoms with Gasteiger partial charge in [-0.3, -0.25) is 0 Å². The quantitative estimate of drug-likeness (QED) is 0.0660. The summed E-state index contributed by atoms with van der Waals surface area (Å²) < 4.78 is 0. The molecule has 4 nitrogen and oxygen atoms in total. The number of hydrogen-bond acceptors (Lipinski definition) is 4. The van der Waals surface area contributed by atoms with Crippen molar-refractivity contribution in [3.63, 3.8) is 0 Å². The van der Waals surface area contributed by atoms with E-state index in [1.807, 2.05) is 0 Å². The Hall–Kier alpha value is -2.92. The molecule has 0 aliphatic carbocycles. The van der Waals surface area contributed by atoms with Crippen LogP contribution in [0.15, 0.2) is 146 Å². The third-order valence-electron chi connectivity index (χ3n) is 8.23. The van der Waals surface area contributed by atoms with Crippen molar-refractivity contribution >= 4 is 47.7 Å². The molecular weight excluding hydrogens is 891 g/mol. The number of hydrogen-bond donors (Lipinski definition) is 4. The molecule has 6 rings (SSSR count). The molecule has 0 atom stereocenters. The fourth-order valence-corrected chi connectivity index (χ4v) is 11.9. The average molecular weight is 946 g/mol.